The standard InChI is InChI=1S/C17H16BrClN2O4/c1-23-15-8-16(24-2)14(18)7-11(15)9-20-21-17(22)10-25-13-5-3-12(19)4-6-13/h3-9H,10H2,1-2H3,(H,21,22)/b20-9-. The fraction of sp³-hybridized carbons (Fsp3) is 0.176. The van der Waals surface area contributed by atoms with Gasteiger partial charge in [0.15, 0.2) is 6.61 Å². The number of hydrogen-bond donors (Lipinski definition) is 1. The molecule has 0 saturated heterocycles. The van der Waals surface area contributed by atoms with E-state index in [1.807, 2.05) is 0 Å². The van der Waals surface area contributed by atoms with Crippen molar-refractivity contribution in [3.63, 3.8) is 0 Å². The van der Waals surface area contributed by atoms with E-state index in [2.05, 4.69) is 26.5 Å². The minimum atomic E-state index is -0.391. The van der Waals surface area contributed by atoms with Crippen LogP contribution in [-0.4, -0.2) is 32.9 Å². The van der Waals surface area contributed by atoms with Gasteiger partial charge >= 0.3 is 0 Å². The van der Waals surface area contributed by atoms with Crippen LogP contribution in [0.25, 0.3) is 0 Å². The lowest BCUT2D eigenvalue weighted by molar-refractivity contribution is -0.123. The predicted octanol–water partition coefficient (Wildman–Crippen LogP) is 3.65. The number of nitrogens with zero attached hydrogens (tertiary/aromatic N) is 1. The lowest BCUT2D eigenvalue weighted by Crippen LogP contribution is -2.24. The molecule has 0 aromatic heterocycles. The summed E-state index contributed by atoms with van der Waals surface area (Å²) >= 11 is 9.17. The molecule has 132 valence electrons. The highest BCUT2D eigenvalue weighted by atomic mass is 79.9. The van der Waals surface area contributed by atoms with E-state index in [-0.39, 0.29) is 6.61 Å². The summed E-state index contributed by atoms with van der Waals surface area (Å²) in [5.41, 5.74) is 3.06. The highest BCUT2D eigenvalue weighted by Gasteiger charge is 2.08. The Kier molecular flexibility index (Phi) is 7.09. The fourth-order valence-corrected chi connectivity index (χ4v) is 2.52. The molecule has 0 atom stereocenters. The van der Waals surface area contributed by atoms with Crippen LogP contribution in [0.1, 0.15) is 5.56 Å². The molecule has 0 aliphatic carbocycles. The Morgan fingerprint density at radius 2 is 1.88 bits per heavy atom. The first kappa shape index (κ1) is 19.1. The summed E-state index contributed by atoms with van der Waals surface area (Å²) in [5.74, 6) is 1.35. The first-order valence-electron chi connectivity index (χ1n) is 7.15. The summed E-state index contributed by atoms with van der Waals surface area (Å²) in [5, 5.41) is 4.50. The van der Waals surface area contributed by atoms with Crippen LogP contribution in [0, 0.1) is 0 Å². The molecule has 6 nitrogen and oxygen atoms in total. The molecule has 2 aromatic rings. The molecule has 0 spiro atoms. The number of halogens is 2. The molecule has 0 aliphatic rings. The van der Waals surface area contributed by atoms with Crippen molar-refractivity contribution < 1.29 is 19.0 Å². The van der Waals surface area contributed by atoms with E-state index < -0.39 is 5.91 Å². The molecule has 0 saturated carbocycles. The largest absolute Gasteiger partial charge is 0.496 e. The number of benzene rings is 2. The topological polar surface area (TPSA) is 69.2 Å². The lowest BCUT2D eigenvalue weighted by Gasteiger charge is -2.09. The van der Waals surface area contributed by atoms with Gasteiger partial charge in [0.05, 0.1) is 24.9 Å². The number of amides is 1. The third-order valence-corrected chi connectivity index (χ3v) is 3.95. The first-order valence-corrected chi connectivity index (χ1v) is 8.32. The van der Waals surface area contributed by atoms with E-state index >= 15 is 0 Å². The Bertz CT molecular complexity index is 766. The van der Waals surface area contributed by atoms with Crippen molar-refractivity contribution in [2.75, 3.05) is 20.8 Å². The number of hydrazone groups is 1. The van der Waals surface area contributed by atoms with Crippen molar-refractivity contribution in [1.82, 2.24) is 5.43 Å². The van der Waals surface area contributed by atoms with Gasteiger partial charge in [-0.3, -0.25) is 4.79 Å². The molecule has 2 rings (SSSR count). The molecule has 0 unspecified atom stereocenters. The molecule has 1 amide bonds. The van der Waals surface area contributed by atoms with Crippen molar-refractivity contribution in [3.05, 3.63) is 51.5 Å². The second-order valence-electron chi connectivity index (χ2n) is 4.76. The van der Waals surface area contributed by atoms with Gasteiger partial charge in [-0.25, -0.2) is 5.43 Å². The molecule has 0 radical (unpaired) electrons. The zero-order valence-electron chi connectivity index (χ0n) is 13.6. The predicted molar refractivity (Wildman–Crippen MR) is 99.9 cm³/mol. The molecule has 1 N–H and O–H groups in total. The van der Waals surface area contributed by atoms with Crippen LogP contribution in [0.3, 0.4) is 0 Å². The Labute approximate surface area is 158 Å². The first-order chi connectivity index (χ1) is 12.0. The van der Waals surface area contributed by atoms with Gasteiger partial charge in [0, 0.05) is 16.7 Å². The smallest absolute Gasteiger partial charge is 0.277 e. The quantitative estimate of drug-likeness (QED) is 0.541. The number of methoxy groups -OCH3 is 2. The summed E-state index contributed by atoms with van der Waals surface area (Å²) in [4.78, 5) is 11.8. The average Bonchev–Trinajstić information content (AvgIpc) is 2.61. The lowest BCUT2D eigenvalue weighted by atomic mass is 10.2. The van der Waals surface area contributed by atoms with Crippen LogP contribution >= 0.6 is 27.5 Å². The Morgan fingerprint density at radius 1 is 1.20 bits per heavy atom. The van der Waals surface area contributed by atoms with E-state index in [1.165, 1.54) is 6.21 Å². The molecule has 0 fully saturated rings. The molecule has 0 heterocycles. The Morgan fingerprint density at radius 3 is 2.52 bits per heavy atom. The summed E-state index contributed by atoms with van der Waals surface area (Å²) < 4.78 is 16.5. The zero-order chi connectivity index (χ0) is 18.2. The molecular weight excluding hydrogens is 412 g/mol. The SMILES string of the molecule is COc1cc(OC)c(/C=N\NC(=O)COc2ccc(Cl)cc2)cc1Br. The normalized spacial score (nSPS) is 10.6. The summed E-state index contributed by atoms with van der Waals surface area (Å²) in [6.45, 7) is -0.164. The van der Waals surface area contributed by atoms with Gasteiger partial charge in [-0.2, -0.15) is 5.10 Å². The van der Waals surface area contributed by atoms with E-state index in [0.717, 1.165) is 4.47 Å². The van der Waals surface area contributed by atoms with Gasteiger partial charge in [-0.15, -0.1) is 0 Å². The summed E-state index contributed by atoms with van der Waals surface area (Å²) in [7, 11) is 3.10. The number of carbonyl (C=O) groups excluding carboxylic acids is 1. The van der Waals surface area contributed by atoms with E-state index in [1.54, 1.807) is 50.6 Å². The van der Waals surface area contributed by atoms with Gasteiger partial charge in [-0.1, -0.05) is 11.6 Å². The van der Waals surface area contributed by atoms with Crippen LogP contribution in [0.15, 0.2) is 46.0 Å². The average molecular weight is 428 g/mol. The van der Waals surface area contributed by atoms with Crippen molar-refractivity contribution in [2.45, 2.75) is 0 Å². The van der Waals surface area contributed by atoms with Gasteiger partial charge in [0.1, 0.15) is 17.2 Å². The molecule has 2 aromatic carbocycles. The maximum absolute atomic E-state index is 11.8. The maximum atomic E-state index is 11.8. The summed E-state index contributed by atoms with van der Waals surface area (Å²) in [6.07, 6.45) is 1.48. The minimum Gasteiger partial charge on any atom is -0.496 e. The van der Waals surface area contributed by atoms with Crippen molar-refractivity contribution in [1.29, 1.82) is 0 Å². The van der Waals surface area contributed by atoms with Gasteiger partial charge in [0.2, 0.25) is 0 Å². The van der Waals surface area contributed by atoms with Crippen LogP contribution < -0.4 is 19.6 Å². The number of nitrogens with one attached hydrogen (secondary N) is 1. The Hall–Kier alpha value is -2.25. The molecule has 0 aliphatic heterocycles. The van der Waals surface area contributed by atoms with Gasteiger partial charge in [0.25, 0.3) is 5.91 Å². The molecule has 0 bridgehead atoms. The maximum Gasteiger partial charge on any atom is 0.277 e. The molecule has 25 heavy (non-hydrogen) atoms. The highest BCUT2D eigenvalue weighted by Crippen LogP contribution is 2.31. The van der Waals surface area contributed by atoms with E-state index in [4.69, 9.17) is 25.8 Å². The second kappa shape index (κ2) is 9.29. The third kappa shape index (κ3) is 5.65. The van der Waals surface area contributed by atoms with Gasteiger partial charge < -0.3 is 14.2 Å². The minimum absolute atomic E-state index is 0.164. The van der Waals surface area contributed by atoms with Gasteiger partial charge in [-0.05, 0) is 46.3 Å². The van der Waals surface area contributed by atoms with Crippen LogP contribution in [0.4, 0.5) is 0 Å². The number of carbonyl (C=O) groups is 1. The fourth-order valence-electron chi connectivity index (χ4n) is 1.87. The number of rotatable bonds is 7. The van der Waals surface area contributed by atoms with Crippen LogP contribution in [0.2, 0.25) is 5.02 Å². The highest BCUT2D eigenvalue weighted by molar-refractivity contribution is 9.10. The monoisotopic (exact) mass is 426 g/mol. The second-order valence-corrected chi connectivity index (χ2v) is 6.06. The number of hydrogen-bond acceptors (Lipinski definition) is 5. The molecular formula is C17H16BrClN2O4. The number of ether oxygens (including phenoxy) is 3. The Balaban J connectivity index is 1.92. The summed E-state index contributed by atoms with van der Waals surface area (Å²) in [6, 6.07) is 10.2. The van der Waals surface area contributed by atoms with E-state index in [0.29, 0.717) is 27.8 Å². The van der Waals surface area contributed by atoms with Crippen LogP contribution in [0.5, 0.6) is 17.2 Å². The van der Waals surface area contributed by atoms with Crippen molar-refractivity contribution in [3.8, 4) is 17.2 Å². The van der Waals surface area contributed by atoms with E-state index in [9.17, 15) is 4.79 Å². The van der Waals surface area contributed by atoms with Crippen molar-refractivity contribution in [2.24, 2.45) is 5.10 Å². The molecule has 8 heteroatoms. The van der Waals surface area contributed by atoms with Crippen molar-refractivity contribution >= 4 is 39.7 Å². The zero-order valence-corrected chi connectivity index (χ0v) is 15.9. The third-order valence-electron chi connectivity index (χ3n) is 3.08. The van der Waals surface area contributed by atoms with Crippen LogP contribution in [-0.2, 0) is 4.79 Å².